The predicted octanol–water partition coefficient (Wildman–Crippen LogP) is 1.70. The molecule has 0 aromatic heterocycles. The Kier molecular flexibility index (Phi) is 10.3. The Hall–Kier alpha value is 0.670. The van der Waals surface area contributed by atoms with Gasteiger partial charge in [-0.2, -0.15) is 0 Å². The summed E-state index contributed by atoms with van der Waals surface area (Å²) in [6.07, 6.45) is -5.00. The van der Waals surface area contributed by atoms with Gasteiger partial charge in [-0.1, -0.05) is 9.39 Å². The van der Waals surface area contributed by atoms with E-state index in [2.05, 4.69) is 28.2 Å². The maximum Gasteiger partial charge on any atom is 0.519 e. The summed E-state index contributed by atoms with van der Waals surface area (Å²) in [5, 5.41) is 6.52. The second-order valence-corrected chi connectivity index (χ2v) is 2.97. The monoisotopic (exact) mass is 212 g/mol. The molecule has 2 unspecified atom stereocenters. The maximum absolute atomic E-state index is 9.91. The van der Waals surface area contributed by atoms with Crippen LogP contribution in [-0.4, -0.2) is 11.5 Å². The van der Waals surface area contributed by atoms with Crippen molar-refractivity contribution in [2.24, 2.45) is 4.52 Å². The lowest BCUT2D eigenvalue weighted by Gasteiger charge is -1.86. The summed E-state index contributed by atoms with van der Waals surface area (Å²) in [7, 11) is 5.45. The van der Waals surface area contributed by atoms with Crippen LogP contribution in [0.15, 0.2) is 4.52 Å². The van der Waals surface area contributed by atoms with Crippen molar-refractivity contribution in [1.82, 2.24) is 4.86 Å². The Morgan fingerprint density at radius 3 is 1.80 bits per heavy atom. The minimum atomic E-state index is -5.00. The van der Waals surface area contributed by atoms with Crippen LogP contribution in [-0.2, 0) is 0 Å². The van der Waals surface area contributed by atoms with Crippen LogP contribution < -0.4 is 4.86 Å². The van der Waals surface area contributed by atoms with E-state index in [1.54, 1.807) is 0 Å². The van der Waals surface area contributed by atoms with Gasteiger partial charge < -0.3 is 5.11 Å². The lowest BCUT2D eigenvalue weighted by Crippen LogP contribution is -2.01. The van der Waals surface area contributed by atoms with Gasteiger partial charge in [0.05, 0.1) is 8.52 Å². The summed E-state index contributed by atoms with van der Waals surface area (Å²) < 4.78 is 33.3. The molecule has 0 spiro atoms. The molecule has 0 rings (SSSR count). The van der Waals surface area contributed by atoms with Crippen molar-refractivity contribution in [3.63, 3.8) is 0 Å². The van der Waals surface area contributed by atoms with Crippen molar-refractivity contribution in [3.05, 3.63) is 0 Å². The molecule has 0 saturated heterocycles. The van der Waals surface area contributed by atoms with Crippen LogP contribution in [0, 0.1) is 0 Å². The molecule has 0 aromatic carbocycles. The normalized spacial score (nSPS) is 11.0. The number of rotatable bonds is 1. The third-order valence-corrected chi connectivity index (χ3v) is 1.04. The first-order valence-corrected chi connectivity index (χ1v) is 3.70. The number of nitrogens with one attached hydrogen (secondary N) is 1. The largest absolute Gasteiger partial charge is 0.519 e. The molecule has 0 fully saturated rings. The van der Waals surface area contributed by atoms with Crippen LogP contribution in [0.2, 0.25) is 0 Å². The number of alkyl halides is 3. The zero-order valence-electron chi connectivity index (χ0n) is 4.63. The molecule has 0 aliphatic carbocycles. The van der Waals surface area contributed by atoms with Crippen molar-refractivity contribution in [1.29, 1.82) is 0 Å². The van der Waals surface area contributed by atoms with Crippen LogP contribution in [0.5, 0.6) is 0 Å². The molecule has 0 aliphatic rings. The van der Waals surface area contributed by atoms with Gasteiger partial charge in [-0.05, 0) is 9.39 Å². The Morgan fingerprint density at radius 1 is 1.50 bits per heavy atom. The van der Waals surface area contributed by atoms with Gasteiger partial charge in [0, 0.05) is 0 Å². The van der Waals surface area contributed by atoms with Gasteiger partial charge in [-0.15, -0.1) is 13.2 Å². The average Bonchev–Trinajstić information content (AvgIpc) is 1.63. The Morgan fingerprint density at radius 2 is 1.80 bits per heavy atom. The van der Waals surface area contributed by atoms with E-state index < -0.39 is 6.36 Å². The minimum absolute atomic E-state index is 0.881. The topological polar surface area (TPSA) is 44.6 Å². The zero-order chi connectivity index (χ0) is 8.62. The average molecular weight is 212 g/mol. The predicted molar refractivity (Wildman–Crippen MR) is 40.2 cm³/mol. The van der Waals surface area contributed by atoms with E-state index in [1.807, 2.05) is 0 Å². The molecule has 0 heterocycles. The first kappa shape index (κ1) is 13.3. The second kappa shape index (κ2) is 7.77. The molecule has 0 radical (unpaired) electrons. The molecular formula is CH6F3N2OP3. The molecule has 9 heteroatoms. The summed E-state index contributed by atoms with van der Waals surface area (Å²) in [6.45, 7) is 0. The molecule has 2 N–H and O–H groups in total. The summed E-state index contributed by atoms with van der Waals surface area (Å²) in [5.41, 5.74) is 0. The Balaban J connectivity index is 0. The zero-order valence-corrected chi connectivity index (χ0v) is 7.83. The number of halogens is 3. The fourth-order valence-corrected chi connectivity index (χ4v) is 0.900. The summed E-state index contributed by atoms with van der Waals surface area (Å²) in [6, 6.07) is 0. The van der Waals surface area contributed by atoms with Crippen LogP contribution in [0.3, 0.4) is 0 Å². The van der Waals surface area contributed by atoms with E-state index in [9.17, 15) is 13.2 Å². The van der Waals surface area contributed by atoms with E-state index in [0.29, 0.717) is 0 Å². The van der Waals surface area contributed by atoms with Crippen LogP contribution >= 0.6 is 27.3 Å². The molecule has 0 saturated carbocycles. The van der Waals surface area contributed by atoms with Gasteiger partial charge in [0.2, 0.25) is 0 Å². The van der Waals surface area contributed by atoms with Crippen molar-refractivity contribution in [3.8, 4) is 0 Å². The molecule has 62 valence electrons. The highest BCUT2D eigenvalue weighted by atomic mass is 31.1. The van der Waals surface area contributed by atoms with Gasteiger partial charge in [0.1, 0.15) is 0 Å². The number of nitrogens with zero attached hydrogens (tertiary/aromatic N) is 1. The number of aliphatic hydroxyl groups is 1. The molecule has 0 aromatic rings. The maximum atomic E-state index is 9.91. The quantitative estimate of drug-likeness (QED) is 0.649. The van der Waals surface area contributed by atoms with Crippen molar-refractivity contribution < 1.29 is 18.3 Å². The fraction of sp³-hybridized carbons (Fsp3) is 1.00. The van der Waals surface area contributed by atoms with Crippen LogP contribution in [0.25, 0.3) is 0 Å². The van der Waals surface area contributed by atoms with Gasteiger partial charge in [-0.3, -0.25) is 0 Å². The molecular weight excluding hydrogens is 206 g/mol. The van der Waals surface area contributed by atoms with Gasteiger partial charge in [-0.25, -0.2) is 9.37 Å². The van der Waals surface area contributed by atoms with Crippen molar-refractivity contribution in [2.75, 3.05) is 0 Å². The Labute approximate surface area is 62.2 Å². The van der Waals surface area contributed by atoms with Crippen LogP contribution in [0.4, 0.5) is 13.2 Å². The number of hydrogen-bond acceptors (Lipinski definition) is 2. The van der Waals surface area contributed by atoms with E-state index in [1.165, 1.54) is 0 Å². The molecule has 0 amide bonds. The highest BCUT2D eigenvalue weighted by Gasteiger charge is 2.20. The Bertz CT molecular complexity index is 88.2. The molecule has 0 bridgehead atoms. The smallest absolute Gasteiger partial charge is 0.308 e. The highest BCUT2D eigenvalue weighted by Crippen LogP contribution is 2.06. The van der Waals surface area contributed by atoms with Gasteiger partial charge in [0.25, 0.3) is 0 Å². The molecule has 10 heavy (non-hydrogen) atoms. The summed E-state index contributed by atoms with van der Waals surface area (Å²) in [5.74, 6) is 0. The van der Waals surface area contributed by atoms with E-state index in [4.69, 9.17) is 5.11 Å². The highest BCUT2D eigenvalue weighted by molar-refractivity contribution is 7.41. The second-order valence-electron chi connectivity index (χ2n) is 0.812. The third-order valence-electron chi connectivity index (χ3n) is 0.115. The molecule has 2 atom stereocenters. The molecule has 0 aliphatic heterocycles. The summed E-state index contributed by atoms with van der Waals surface area (Å²) >= 11 is 0. The summed E-state index contributed by atoms with van der Waals surface area (Å²) in [4.78, 5) is 2.72. The molecule has 3 nitrogen and oxygen atoms in total. The van der Waals surface area contributed by atoms with E-state index >= 15 is 0 Å². The fourth-order valence-electron chi connectivity index (χ4n) is 0.0333. The van der Waals surface area contributed by atoms with E-state index in [0.717, 1.165) is 8.52 Å². The lowest BCUT2D eigenvalue weighted by atomic mass is 11.4. The minimum Gasteiger partial charge on any atom is -0.308 e. The van der Waals surface area contributed by atoms with Gasteiger partial charge in [0.15, 0.2) is 0 Å². The van der Waals surface area contributed by atoms with Gasteiger partial charge >= 0.3 is 6.36 Å². The van der Waals surface area contributed by atoms with Crippen molar-refractivity contribution >= 4 is 27.3 Å². The standard InChI is InChI=1S/CHF3O.H5N2P3/c2-1(3,4)5;3-1-5-2-4/h5H;3-4H2,(H,1,2). The number of hydrogen-bond donors (Lipinski definition) is 2. The first-order chi connectivity index (χ1) is 4.41. The lowest BCUT2D eigenvalue weighted by molar-refractivity contribution is -0.295. The first-order valence-electron chi connectivity index (χ1n) is 1.76. The van der Waals surface area contributed by atoms with Crippen LogP contribution in [0.1, 0.15) is 0 Å². The van der Waals surface area contributed by atoms with Crippen molar-refractivity contribution in [2.45, 2.75) is 6.36 Å². The SMILES string of the molecule is OC(F)(F)F.PN=PNP. The van der Waals surface area contributed by atoms with E-state index in [-0.39, 0.29) is 0 Å². The third kappa shape index (κ3) is 71.5.